The highest BCUT2D eigenvalue weighted by molar-refractivity contribution is 5.97. The summed E-state index contributed by atoms with van der Waals surface area (Å²) in [7, 11) is 0. The van der Waals surface area contributed by atoms with Crippen LogP contribution in [0.3, 0.4) is 0 Å². The van der Waals surface area contributed by atoms with Crippen LogP contribution in [0.25, 0.3) is 0 Å². The smallest absolute Gasteiger partial charge is 0.340 e. The standard InChI is InChI=1S/C30H25NO3/c1-4-31(26-15-13-19(2)17-20(26)3)21-14-16-28-25(18-21)30(24-11-7-8-12-27(24)33-28)23-10-6-5-9-22(23)29(32)34-30/h5-18H,4H2,1-3H3. The summed E-state index contributed by atoms with van der Waals surface area (Å²) in [5, 5.41) is 0. The molecule has 0 saturated heterocycles. The number of hydrogen-bond acceptors (Lipinski definition) is 4. The lowest BCUT2D eigenvalue weighted by molar-refractivity contribution is 0.0224. The number of ether oxygens (including phenoxy) is 2. The number of para-hydroxylation sites is 1. The fourth-order valence-electron chi connectivity index (χ4n) is 5.38. The lowest BCUT2D eigenvalue weighted by Gasteiger charge is -2.37. The maximum absolute atomic E-state index is 13.1. The first kappa shape index (κ1) is 20.5. The lowest BCUT2D eigenvalue weighted by Crippen LogP contribution is -2.33. The number of aryl methyl sites for hydroxylation is 2. The van der Waals surface area contributed by atoms with E-state index in [4.69, 9.17) is 9.47 Å². The minimum atomic E-state index is -1.05. The predicted octanol–water partition coefficient (Wildman–Crippen LogP) is 7.03. The first-order valence-electron chi connectivity index (χ1n) is 11.6. The van der Waals surface area contributed by atoms with E-state index >= 15 is 0 Å². The van der Waals surface area contributed by atoms with Crippen LogP contribution in [0.2, 0.25) is 0 Å². The molecular weight excluding hydrogens is 422 g/mol. The van der Waals surface area contributed by atoms with Crippen LogP contribution >= 0.6 is 0 Å². The molecule has 34 heavy (non-hydrogen) atoms. The first-order chi connectivity index (χ1) is 16.5. The molecule has 0 aromatic heterocycles. The molecule has 0 bridgehead atoms. The molecule has 2 aliphatic rings. The third-order valence-corrected chi connectivity index (χ3v) is 6.87. The molecule has 0 N–H and O–H groups in total. The van der Waals surface area contributed by atoms with Crippen molar-refractivity contribution < 1.29 is 14.3 Å². The van der Waals surface area contributed by atoms with Crippen molar-refractivity contribution >= 4 is 17.3 Å². The minimum Gasteiger partial charge on any atom is -0.456 e. The Labute approximate surface area is 199 Å². The Bertz CT molecular complexity index is 1460. The van der Waals surface area contributed by atoms with E-state index in [9.17, 15) is 4.79 Å². The van der Waals surface area contributed by atoms with Gasteiger partial charge in [-0.2, -0.15) is 0 Å². The molecule has 0 fully saturated rings. The van der Waals surface area contributed by atoms with Gasteiger partial charge in [-0.05, 0) is 62.7 Å². The van der Waals surface area contributed by atoms with Gasteiger partial charge in [-0.3, -0.25) is 0 Å². The molecule has 4 aromatic carbocycles. The number of benzene rings is 4. The molecule has 6 rings (SSSR count). The van der Waals surface area contributed by atoms with Gasteiger partial charge in [0.05, 0.1) is 5.56 Å². The molecule has 2 heterocycles. The maximum atomic E-state index is 13.1. The molecule has 4 heteroatoms. The Morgan fingerprint density at radius 1 is 0.794 bits per heavy atom. The van der Waals surface area contributed by atoms with Gasteiger partial charge in [-0.15, -0.1) is 0 Å². The summed E-state index contributed by atoms with van der Waals surface area (Å²) in [6.07, 6.45) is 0. The van der Waals surface area contributed by atoms with Crippen LogP contribution in [0.5, 0.6) is 11.5 Å². The summed E-state index contributed by atoms with van der Waals surface area (Å²) in [4.78, 5) is 15.3. The Kier molecular flexibility index (Phi) is 4.53. The molecule has 1 spiro atoms. The lowest BCUT2D eigenvalue weighted by atomic mass is 9.77. The number of esters is 1. The maximum Gasteiger partial charge on any atom is 0.340 e. The molecule has 1 atom stereocenters. The van der Waals surface area contributed by atoms with Crippen molar-refractivity contribution in [3.05, 3.63) is 118 Å². The SMILES string of the molecule is CCN(c1ccc2c(c1)C1(OC(=O)c3ccccc31)c1ccccc1O2)c1ccc(C)cc1C. The molecule has 0 saturated carbocycles. The third kappa shape index (κ3) is 2.81. The third-order valence-electron chi connectivity index (χ3n) is 6.87. The van der Waals surface area contributed by atoms with E-state index < -0.39 is 5.60 Å². The van der Waals surface area contributed by atoms with E-state index in [2.05, 4.69) is 56.0 Å². The van der Waals surface area contributed by atoms with Gasteiger partial charge in [0.15, 0.2) is 5.60 Å². The molecule has 168 valence electrons. The predicted molar refractivity (Wildman–Crippen MR) is 133 cm³/mol. The molecule has 0 amide bonds. The Hall–Kier alpha value is -4.05. The van der Waals surface area contributed by atoms with Crippen molar-refractivity contribution in [2.75, 3.05) is 11.4 Å². The summed E-state index contributed by atoms with van der Waals surface area (Å²) in [5.41, 5.74) is 6.71. The molecule has 0 radical (unpaired) electrons. The van der Waals surface area contributed by atoms with Crippen molar-refractivity contribution in [3.8, 4) is 11.5 Å². The van der Waals surface area contributed by atoms with Crippen LogP contribution in [0.1, 0.15) is 45.1 Å². The summed E-state index contributed by atoms with van der Waals surface area (Å²) >= 11 is 0. The summed E-state index contributed by atoms with van der Waals surface area (Å²) in [5.74, 6) is 1.09. The number of anilines is 2. The zero-order valence-electron chi connectivity index (χ0n) is 19.5. The van der Waals surface area contributed by atoms with Gasteiger partial charge in [0.25, 0.3) is 0 Å². The largest absolute Gasteiger partial charge is 0.456 e. The minimum absolute atomic E-state index is 0.314. The highest BCUT2D eigenvalue weighted by atomic mass is 16.6. The zero-order chi connectivity index (χ0) is 23.4. The molecule has 1 unspecified atom stereocenters. The topological polar surface area (TPSA) is 38.8 Å². The molecule has 0 aliphatic carbocycles. The Morgan fingerprint density at radius 3 is 2.32 bits per heavy atom. The average molecular weight is 448 g/mol. The van der Waals surface area contributed by atoms with Gasteiger partial charge in [0.1, 0.15) is 11.5 Å². The Balaban J connectivity index is 1.60. The quantitative estimate of drug-likeness (QED) is 0.316. The van der Waals surface area contributed by atoms with E-state index in [0.29, 0.717) is 17.1 Å². The zero-order valence-corrected chi connectivity index (χ0v) is 19.5. The van der Waals surface area contributed by atoms with Crippen molar-refractivity contribution in [2.45, 2.75) is 26.4 Å². The van der Waals surface area contributed by atoms with Crippen LogP contribution in [-0.2, 0) is 10.3 Å². The van der Waals surface area contributed by atoms with Crippen LogP contribution in [0.4, 0.5) is 11.4 Å². The first-order valence-corrected chi connectivity index (χ1v) is 11.6. The Morgan fingerprint density at radius 2 is 1.53 bits per heavy atom. The van der Waals surface area contributed by atoms with Gasteiger partial charge < -0.3 is 14.4 Å². The van der Waals surface area contributed by atoms with Gasteiger partial charge in [0, 0.05) is 34.6 Å². The second-order valence-corrected chi connectivity index (χ2v) is 8.93. The summed E-state index contributed by atoms with van der Waals surface area (Å²) < 4.78 is 12.6. The van der Waals surface area contributed by atoms with Crippen LogP contribution in [-0.4, -0.2) is 12.5 Å². The number of rotatable bonds is 3. The fourth-order valence-corrected chi connectivity index (χ4v) is 5.38. The highest BCUT2D eigenvalue weighted by Gasteiger charge is 2.53. The summed E-state index contributed by atoms with van der Waals surface area (Å²) in [6.45, 7) is 7.18. The van der Waals surface area contributed by atoms with E-state index in [0.717, 1.165) is 34.6 Å². The van der Waals surface area contributed by atoms with Gasteiger partial charge >= 0.3 is 5.97 Å². The van der Waals surface area contributed by atoms with Gasteiger partial charge in [0.2, 0.25) is 0 Å². The van der Waals surface area contributed by atoms with Crippen molar-refractivity contribution in [1.82, 2.24) is 0 Å². The number of carbonyl (C=O) groups is 1. The van der Waals surface area contributed by atoms with Crippen LogP contribution in [0, 0.1) is 13.8 Å². The van der Waals surface area contributed by atoms with Gasteiger partial charge in [-0.25, -0.2) is 4.79 Å². The van der Waals surface area contributed by atoms with Crippen molar-refractivity contribution in [3.63, 3.8) is 0 Å². The van der Waals surface area contributed by atoms with Crippen LogP contribution in [0.15, 0.2) is 84.9 Å². The number of hydrogen-bond donors (Lipinski definition) is 0. The van der Waals surface area contributed by atoms with E-state index in [1.807, 2.05) is 54.6 Å². The fraction of sp³-hybridized carbons (Fsp3) is 0.167. The molecule has 2 aliphatic heterocycles. The van der Waals surface area contributed by atoms with Crippen molar-refractivity contribution in [2.24, 2.45) is 0 Å². The van der Waals surface area contributed by atoms with Crippen molar-refractivity contribution in [1.29, 1.82) is 0 Å². The molecular formula is C30H25NO3. The van der Waals surface area contributed by atoms with Crippen LogP contribution < -0.4 is 9.64 Å². The molecule has 4 nitrogen and oxygen atoms in total. The van der Waals surface area contributed by atoms with E-state index in [-0.39, 0.29) is 5.97 Å². The molecule has 4 aromatic rings. The second kappa shape index (κ2) is 7.49. The van der Waals surface area contributed by atoms with E-state index in [1.54, 1.807) is 0 Å². The highest BCUT2D eigenvalue weighted by Crippen LogP contribution is 2.56. The van der Waals surface area contributed by atoms with E-state index in [1.165, 1.54) is 11.1 Å². The number of nitrogens with zero attached hydrogens (tertiary/aromatic N) is 1. The normalized spacial score (nSPS) is 17.4. The monoisotopic (exact) mass is 447 g/mol. The summed E-state index contributed by atoms with van der Waals surface area (Å²) in [6, 6.07) is 28.2. The van der Waals surface area contributed by atoms with Gasteiger partial charge in [-0.1, -0.05) is 54.1 Å². The number of carbonyl (C=O) groups excluding carboxylic acids is 1. The second-order valence-electron chi connectivity index (χ2n) is 8.93. The average Bonchev–Trinajstić information content (AvgIpc) is 3.14. The number of fused-ring (bicyclic) bond motifs is 6.